The molecule has 0 spiro atoms. The molecule has 0 aliphatic heterocycles. The summed E-state index contributed by atoms with van der Waals surface area (Å²) in [6.07, 6.45) is 0.989. The normalized spacial score (nSPS) is 11.0. The molecule has 0 bridgehead atoms. The van der Waals surface area contributed by atoms with Gasteiger partial charge in [0.1, 0.15) is 0 Å². The van der Waals surface area contributed by atoms with E-state index in [-0.39, 0.29) is 35.8 Å². The minimum absolute atomic E-state index is 0. The Hall–Kier alpha value is -1.61. The third kappa shape index (κ3) is 7.74. The number of anilines is 1. The number of rotatable bonds is 7. The van der Waals surface area contributed by atoms with E-state index in [0.717, 1.165) is 30.2 Å². The van der Waals surface area contributed by atoms with Gasteiger partial charge in [-0.05, 0) is 35.6 Å². The van der Waals surface area contributed by atoms with Crippen LogP contribution in [0.2, 0.25) is 0 Å². The smallest absolute Gasteiger partial charge is 0.226 e. The number of guanidine groups is 1. The number of carbonyl (C=O) groups excluding carboxylic acids is 1. The highest BCUT2D eigenvalue weighted by molar-refractivity contribution is 14.0. The number of amides is 1. The lowest BCUT2D eigenvalue weighted by Gasteiger charge is -2.12. The number of halogens is 1. The molecule has 7 heteroatoms. The summed E-state index contributed by atoms with van der Waals surface area (Å²) in [4.78, 5) is 17.3. The topological polar surface area (TPSA) is 65.5 Å². The van der Waals surface area contributed by atoms with Crippen LogP contribution >= 0.6 is 35.3 Å². The largest absolute Gasteiger partial charge is 0.356 e. The first-order chi connectivity index (χ1) is 12.1. The molecule has 26 heavy (non-hydrogen) atoms. The number of carbonyl (C=O) groups is 1. The number of hydrogen-bond acceptors (Lipinski definition) is 3. The highest BCUT2D eigenvalue weighted by atomic mass is 127. The Morgan fingerprint density at radius 2 is 1.88 bits per heavy atom. The summed E-state index contributed by atoms with van der Waals surface area (Å²) in [6, 6.07) is 12.1. The summed E-state index contributed by atoms with van der Waals surface area (Å²) in [5.41, 5.74) is 1.95. The molecular formula is C19H27IN4OS. The van der Waals surface area contributed by atoms with E-state index in [9.17, 15) is 4.79 Å². The Balaban J connectivity index is 0.00000338. The van der Waals surface area contributed by atoms with Crippen LogP contribution in [-0.2, 0) is 17.8 Å². The van der Waals surface area contributed by atoms with E-state index in [0.29, 0.717) is 6.54 Å². The van der Waals surface area contributed by atoms with Gasteiger partial charge in [-0.2, -0.15) is 0 Å². The monoisotopic (exact) mass is 486 g/mol. The third-order valence-electron chi connectivity index (χ3n) is 3.67. The summed E-state index contributed by atoms with van der Waals surface area (Å²) < 4.78 is 0. The zero-order valence-electron chi connectivity index (χ0n) is 15.4. The highest BCUT2D eigenvalue weighted by Crippen LogP contribution is 2.11. The van der Waals surface area contributed by atoms with Gasteiger partial charge in [-0.1, -0.05) is 32.0 Å². The molecule has 0 aliphatic carbocycles. The number of nitrogens with zero attached hydrogens (tertiary/aromatic N) is 1. The summed E-state index contributed by atoms with van der Waals surface area (Å²) in [7, 11) is 1.77. The second-order valence-electron chi connectivity index (χ2n) is 6.02. The molecule has 5 nitrogen and oxygen atoms in total. The molecule has 1 heterocycles. The standard InChI is InChI=1S/C19H26N4OS.HI/c1-14(2)18(24)23-16-8-6-15(7-9-16)13-22-19(20-3)21-11-10-17-5-4-12-25-17;/h4-9,12,14H,10-11,13H2,1-3H3,(H,23,24)(H2,20,21,22);1H. The van der Waals surface area contributed by atoms with E-state index in [2.05, 4.69) is 38.5 Å². The summed E-state index contributed by atoms with van der Waals surface area (Å²) in [5.74, 6) is 0.792. The van der Waals surface area contributed by atoms with Crippen LogP contribution in [0, 0.1) is 5.92 Å². The predicted octanol–water partition coefficient (Wildman–Crippen LogP) is 3.87. The van der Waals surface area contributed by atoms with Crippen molar-refractivity contribution in [3.05, 3.63) is 52.2 Å². The van der Waals surface area contributed by atoms with Crippen LogP contribution in [0.1, 0.15) is 24.3 Å². The quantitative estimate of drug-likeness (QED) is 0.316. The van der Waals surface area contributed by atoms with Gasteiger partial charge in [0, 0.05) is 36.6 Å². The van der Waals surface area contributed by atoms with Crippen molar-refractivity contribution in [1.82, 2.24) is 10.6 Å². The molecule has 1 aromatic heterocycles. The van der Waals surface area contributed by atoms with Crippen LogP contribution in [0.5, 0.6) is 0 Å². The van der Waals surface area contributed by atoms with E-state index in [1.165, 1.54) is 4.88 Å². The fourth-order valence-corrected chi connectivity index (χ4v) is 2.87. The molecule has 0 fully saturated rings. The van der Waals surface area contributed by atoms with Crippen LogP contribution in [-0.4, -0.2) is 25.5 Å². The van der Waals surface area contributed by atoms with E-state index >= 15 is 0 Å². The molecule has 3 N–H and O–H groups in total. The Morgan fingerprint density at radius 3 is 2.46 bits per heavy atom. The van der Waals surface area contributed by atoms with Gasteiger partial charge in [0.15, 0.2) is 5.96 Å². The molecular weight excluding hydrogens is 459 g/mol. The van der Waals surface area contributed by atoms with Gasteiger partial charge in [0.2, 0.25) is 5.91 Å². The van der Waals surface area contributed by atoms with Gasteiger partial charge in [-0.3, -0.25) is 9.79 Å². The average molecular weight is 486 g/mol. The molecule has 0 atom stereocenters. The van der Waals surface area contributed by atoms with Crippen LogP contribution in [0.3, 0.4) is 0 Å². The van der Waals surface area contributed by atoms with Gasteiger partial charge in [-0.15, -0.1) is 35.3 Å². The lowest BCUT2D eigenvalue weighted by atomic mass is 10.1. The fraction of sp³-hybridized carbons (Fsp3) is 0.368. The maximum Gasteiger partial charge on any atom is 0.226 e. The van der Waals surface area contributed by atoms with Crippen molar-refractivity contribution in [2.24, 2.45) is 10.9 Å². The van der Waals surface area contributed by atoms with Crippen molar-refractivity contribution in [2.45, 2.75) is 26.8 Å². The van der Waals surface area contributed by atoms with Crippen LogP contribution in [0.15, 0.2) is 46.8 Å². The Kier molecular flexibility index (Phi) is 10.3. The van der Waals surface area contributed by atoms with E-state index in [4.69, 9.17) is 0 Å². The van der Waals surface area contributed by atoms with Gasteiger partial charge in [-0.25, -0.2) is 0 Å². The highest BCUT2D eigenvalue weighted by Gasteiger charge is 2.06. The molecule has 0 radical (unpaired) electrons. The van der Waals surface area contributed by atoms with Crippen LogP contribution < -0.4 is 16.0 Å². The molecule has 0 saturated heterocycles. The first kappa shape index (κ1) is 22.4. The van der Waals surface area contributed by atoms with Crippen molar-refractivity contribution in [1.29, 1.82) is 0 Å². The lowest BCUT2D eigenvalue weighted by Crippen LogP contribution is -2.37. The molecule has 1 amide bonds. The summed E-state index contributed by atoms with van der Waals surface area (Å²) >= 11 is 1.77. The summed E-state index contributed by atoms with van der Waals surface area (Å²) in [5, 5.41) is 11.6. The maximum absolute atomic E-state index is 11.7. The van der Waals surface area contributed by atoms with Crippen molar-refractivity contribution >= 4 is 52.9 Å². The molecule has 0 unspecified atom stereocenters. The SMILES string of the molecule is CN=C(NCCc1cccs1)NCc1ccc(NC(=O)C(C)C)cc1.I. The molecule has 2 aromatic rings. The fourth-order valence-electron chi connectivity index (χ4n) is 2.16. The first-order valence-electron chi connectivity index (χ1n) is 8.45. The van der Waals surface area contributed by atoms with Crippen molar-refractivity contribution < 1.29 is 4.79 Å². The van der Waals surface area contributed by atoms with Gasteiger partial charge in [0.05, 0.1) is 0 Å². The molecule has 0 saturated carbocycles. The van der Waals surface area contributed by atoms with Crippen molar-refractivity contribution in [3.63, 3.8) is 0 Å². The van der Waals surface area contributed by atoms with E-state index < -0.39 is 0 Å². The molecule has 2 rings (SSSR count). The minimum Gasteiger partial charge on any atom is -0.356 e. The Labute approximate surface area is 176 Å². The lowest BCUT2D eigenvalue weighted by molar-refractivity contribution is -0.118. The second kappa shape index (κ2) is 11.9. The third-order valence-corrected chi connectivity index (χ3v) is 4.61. The number of thiophene rings is 1. The molecule has 0 aliphatic rings. The van der Waals surface area contributed by atoms with Gasteiger partial charge >= 0.3 is 0 Å². The van der Waals surface area contributed by atoms with Crippen LogP contribution in [0.25, 0.3) is 0 Å². The minimum atomic E-state index is -0.0232. The predicted molar refractivity (Wildman–Crippen MR) is 122 cm³/mol. The molecule has 142 valence electrons. The van der Waals surface area contributed by atoms with E-state index in [1.807, 2.05) is 38.1 Å². The maximum atomic E-state index is 11.7. The van der Waals surface area contributed by atoms with Crippen molar-refractivity contribution in [3.8, 4) is 0 Å². The number of aliphatic imine (C=N–C) groups is 1. The number of benzene rings is 1. The van der Waals surface area contributed by atoms with E-state index in [1.54, 1.807) is 18.4 Å². The Bertz CT molecular complexity index is 684. The first-order valence-corrected chi connectivity index (χ1v) is 9.33. The second-order valence-corrected chi connectivity index (χ2v) is 7.06. The average Bonchev–Trinajstić information content (AvgIpc) is 3.12. The van der Waals surface area contributed by atoms with Gasteiger partial charge < -0.3 is 16.0 Å². The zero-order chi connectivity index (χ0) is 18.1. The van der Waals surface area contributed by atoms with Gasteiger partial charge in [0.25, 0.3) is 0 Å². The molecule has 1 aromatic carbocycles. The number of nitrogens with one attached hydrogen (secondary N) is 3. The number of hydrogen-bond donors (Lipinski definition) is 3. The zero-order valence-corrected chi connectivity index (χ0v) is 18.6. The van der Waals surface area contributed by atoms with Crippen molar-refractivity contribution in [2.75, 3.05) is 18.9 Å². The Morgan fingerprint density at radius 1 is 1.15 bits per heavy atom. The van der Waals surface area contributed by atoms with Crippen LogP contribution in [0.4, 0.5) is 5.69 Å². The summed E-state index contributed by atoms with van der Waals surface area (Å²) in [6.45, 7) is 5.28.